The van der Waals surface area contributed by atoms with E-state index in [1.807, 2.05) is 152 Å². The molecule has 0 amide bonds. The molecule has 2 heterocycles. The second-order valence-electron chi connectivity index (χ2n) is 15.9. The first-order valence-electron chi connectivity index (χ1n) is 16.8. The lowest BCUT2D eigenvalue weighted by atomic mass is 10.4. The van der Waals surface area contributed by atoms with Crippen LogP contribution in [-0.2, 0) is 45.3 Å². The van der Waals surface area contributed by atoms with Crippen molar-refractivity contribution in [2.24, 2.45) is 0 Å². The summed E-state index contributed by atoms with van der Waals surface area (Å²) in [6, 6.07) is 20.1. The van der Waals surface area contributed by atoms with E-state index in [0.29, 0.717) is 0 Å². The number of benzene rings is 2. The highest BCUT2D eigenvalue weighted by Crippen LogP contribution is 2.36. The minimum atomic E-state index is -3.49. The Morgan fingerprint density at radius 3 is 0.837 bits per heavy atom. The van der Waals surface area contributed by atoms with E-state index in [9.17, 15) is 0 Å². The summed E-state index contributed by atoms with van der Waals surface area (Å²) < 4.78 is 76.4. The topological polar surface area (TPSA) is 102 Å². The molecule has 0 saturated carbocycles. The average molecular weight is 852 g/mol. The molecule has 2 aliphatic heterocycles. The van der Waals surface area contributed by atoms with Crippen LogP contribution in [0, 0.1) is 0 Å². The van der Waals surface area contributed by atoms with Crippen LogP contribution in [0.15, 0.2) is 60.7 Å². The maximum absolute atomic E-state index is 7.53. The molecule has 0 spiro atoms. The molecule has 2 aromatic carbocycles. The normalized spacial score (nSPS) is 27.6. The van der Waals surface area contributed by atoms with Crippen LogP contribution in [0.25, 0.3) is 0 Å². The van der Waals surface area contributed by atoms with Gasteiger partial charge in [-0.2, -0.15) is 0 Å². The summed E-state index contributed by atoms with van der Waals surface area (Å²) in [5.41, 5.74) is 0. The summed E-state index contributed by atoms with van der Waals surface area (Å²) in [5, 5.41) is 1.84. The van der Waals surface area contributed by atoms with Crippen LogP contribution >= 0.6 is 0 Å². The molecule has 276 valence electrons. The lowest BCUT2D eigenvalue weighted by Gasteiger charge is -2.50. The average Bonchev–Trinajstić information content (AvgIpc) is 2.83. The number of rotatable bonds is 8. The largest absolute Gasteiger partial charge is 0.471 e. The van der Waals surface area contributed by atoms with Gasteiger partial charge >= 0.3 is 86.1 Å². The molecule has 2 atom stereocenters. The van der Waals surface area contributed by atoms with Crippen molar-refractivity contribution in [1.82, 2.24) is 0 Å². The summed E-state index contributed by atoms with van der Waals surface area (Å²) in [6.45, 7) is 32.4. The first kappa shape index (κ1) is 41.9. The fraction of sp³-hybridized carbons (Fsp3) is 0.571. The van der Waals surface area contributed by atoms with Crippen LogP contribution in [0.5, 0.6) is 0 Å². The molecule has 0 N–H and O–H groups in total. The summed E-state index contributed by atoms with van der Waals surface area (Å²) in [5.74, 6) is 0. The number of hydrogen-bond donors (Lipinski definition) is 0. The summed E-state index contributed by atoms with van der Waals surface area (Å²) in [4.78, 5) is 0. The van der Waals surface area contributed by atoms with Crippen LogP contribution in [-0.4, -0.2) is 86.1 Å². The monoisotopic (exact) mass is 850 g/mol. The lowest BCUT2D eigenvalue weighted by Crippen LogP contribution is -2.74. The van der Waals surface area contributed by atoms with Crippen LogP contribution in [0.3, 0.4) is 0 Å². The molecule has 0 bridgehead atoms. The molecular weight excluding hydrogens is 793 g/mol. The van der Waals surface area contributed by atoms with Crippen molar-refractivity contribution in [3.05, 3.63) is 60.7 Å². The van der Waals surface area contributed by atoms with E-state index in [2.05, 4.69) is 13.1 Å². The number of hydrogen-bond acceptors (Lipinski definition) is 11. The summed E-state index contributed by atoms with van der Waals surface area (Å²) in [7, 11) is -30.0. The first-order chi connectivity index (χ1) is 22.0. The highest BCUT2D eigenvalue weighted by molar-refractivity contribution is 7.01. The van der Waals surface area contributed by atoms with Gasteiger partial charge in [-0.25, -0.2) is 0 Å². The molecule has 21 heteroatoms. The van der Waals surface area contributed by atoms with E-state index < -0.39 is 86.1 Å². The zero-order valence-corrected chi connectivity index (χ0v) is 42.3. The standard InChI is InChI=1S/C28H58O11Si10/c1-40(2)29-42(5,6)33-48(15,34-43(7,8)30-40)38-46(13,27-23-19-17-20-24-27)37-47(14,28-25-21-18-22-26-28)39-49(16)35-44(9,10)31-41(3,4)32-45(11,12)36-49/h17-26H,1-16H3. The Kier molecular flexibility index (Phi) is 12.1. The zero-order valence-electron chi connectivity index (χ0n) is 32.3. The molecule has 2 aliphatic rings. The van der Waals surface area contributed by atoms with Gasteiger partial charge in [0.05, 0.1) is 0 Å². The predicted octanol–water partition coefficient (Wildman–Crippen LogP) is 6.50. The Morgan fingerprint density at radius 1 is 0.367 bits per heavy atom. The van der Waals surface area contributed by atoms with Crippen LogP contribution in [0.4, 0.5) is 0 Å². The molecule has 0 aromatic heterocycles. The van der Waals surface area contributed by atoms with Gasteiger partial charge in [0.25, 0.3) is 0 Å². The van der Waals surface area contributed by atoms with Crippen LogP contribution in [0.1, 0.15) is 0 Å². The van der Waals surface area contributed by atoms with Gasteiger partial charge in [0.15, 0.2) is 0 Å². The molecule has 2 unspecified atom stereocenters. The Labute approximate surface area is 305 Å². The Morgan fingerprint density at radius 2 is 0.592 bits per heavy atom. The molecule has 11 nitrogen and oxygen atoms in total. The molecule has 0 radical (unpaired) electrons. The van der Waals surface area contributed by atoms with Crippen molar-refractivity contribution in [3.63, 3.8) is 0 Å². The van der Waals surface area contributed by atoms with Crippen molar-refractivity contribution in [2.45, 2.75) is 105 Å². The van der Waals surface area contributed by atoms with E-state index >= 15 is 0 Å². The second kappa shape index (κ2) is 14.1. The Balaban J connectivity index is 1.84. The fourth-order valence-electron chi connectivity index (χ4n) is 7.24. The van der Waals surface area contributed by atoms with Gasteiger partial charge in [0.2, 0.25) is 0 Å². The highest BCUT2D eigenvalue weighted by Gasteiger charge is 2.62. The molecule has 2 aromatic rings. The van der Waals surface area contributed by atoms with Crippen molar-refractivity contribution in [2.75, 3.05) is 0 Å². The van der Waals surface area contributed by atoms with Crippen LogP contribution in [0.2, 0.25) is 105 Å². The quantitative estimate of drug-likeness (QED) is 0.272. The van der Waals surface area contributed by atoms with Crippen molar-refractivity contribution in [3.8, 4) is 0 Å². The van der Waals surface area contributed by atoms with Crippen molar-refractivity contribution in [1.29, 1.82) is 0 Å². The minimum absolute atomic E-state index is 0.918. The van der Waals surface area contributed by atoms with Gasteiger partial charge in [0, 0.05) is 13.1 Å². The molecule has 4 rings (SSSR count). The van der Waals surface area contributed by atoms with E-state index in [-0.39, 0.29) is 0 Å². The zero-order chi connectivity index (χ0) is 37.0. The van der Waals surface area contributed by atoms with Gasteiger partial charge in [-0.3, -0.25) is 0 Å². The molecular formula is C28H58O11Si10. The predicted molar refractivity (Wildman–Crippen MR) is 215 cm³/mol. The van der Waals surface area contributed by atoms with Crippen LogP contribution < -0.4 is 10.4 Å². The Bertz CT molecular complexity index is 1300. The van der Waals surface area contributed by atoms with E-state index in [1.165, 1.54) is 0 Å². The summed E-state index contributed by atoms with van der Waals surface area (Å²) >= 11 is 0. The Hall–Kier alpha value is 0.169. The third kappa shape index (κ3) is 11.6. The molecule has 2 fully saturated rings. The van der Waals surface area contributed by atoms with Gasteiger partial charge < -0.3 is 45.3 Å². The van der Waals surface area contributed by atoms with Crippen molar-refractivity contribution < 1.29 is 45.3 Å². The fourth-order valence-corrected chi connectivity index (χ4v) is 60.2. The molecule has 49 heavy (non-hydrogen) atoms. The smallest absolute Gasteiger partial charge is 0.416 e. The molecule has 2 saturated heterocycles. The third-order valence-electron chi connectivity index (χ3n) is 7.44. The highest BCUT2D eigenvalue weighted by atomic mass is 28.6. The maximum atomic E-state index is 7.53. The van der Waals surface area contributed by atoms with Gasteiger partial charge in [-0.05, 0) is 102 Å². The molecule has 0 aliphatic carbocycles. The summed E-state index contributed by atoms with van der Waals surface area (Å²) in [6.07, 6.45) is 0. The third-order valence-corrected chi connectivity index (χ3v) is 48.9. The van der Waals surface area contributed by atoms with Crippen molar-refractivity contribution >= 4 is 96.5 Å². The van der Waals surface area contributed by atoms with Gasteiger partial charge in [0.1, 0.15) is 0 Å². The second-order valence-corrected chi connectivity index (χ2v) is 50.0. The SMILES string of the molecule is C[Si]1(C)O[Si](C)(C)O[Si](C)(O[Si](C)(O[Si](C)(O[Si]2(C)O[Si](C)(C)O[Si](C)(C)O[Si](C)(C)O2)c2ccccc2)c2ccccc2)O[Si](C)(C)O1. The van der Waals surface area contributed by atoms with Gasteiger partial charge in [-0.1, -0.05) is 60.7 Å². The minimum Gasteiger partial charge on any atom is -0.416 e. The maximum Gasteiger partial charge on any atom is 0.471 e. The lowest BCUT2D eigenvalue weighted by molar-refractivity contribution is 0.162. The van der Waals surface area contributed by atoms with E-state index in [1.54, 1.807) is 0 Å². The first-order valence-corrected chi connectivity index (χ1v) is 42.8. The van der Waals surface area contributed by atoms with E-state index in [0.717, 1.165) is 10.4 Å². The van der Waals surface area contributed by atoms with Gasteiger partial charge in [-0.15, -0.1) is 0 Å². The van der Waals surface area contributed by atoms with E-state index in [4.69, 9.17) is 45.3 Å².